The Hall–Kier alpha value is -3.46. The zero-order chi connectivity index (χ0) is 22.8. The van der Waals surface area contributed by atoms with Crippen molar-refractivity contribution in [1.29, 1.82) is 0 Å². The van der Waals surface area contributed by atoms with E-state index in [9.17, 15) is 13.6 Å². The van der Waals surface area contributed by atoms with Gasteiger partial charge in [-0.2, -0.15) is 0 Å². The number of hydrogen-bond acceptors (Lipinski definition) is 5. The Bertz CT molecular complexity index is 1130. The van der Waals surface area contributed by atoms with Gasteiger partial charge in [-0.25, -0.2) is 13.6 Å². The lowest BCUT2D eigenvalue weighted by molar-refractivity contribution is -0.138. The number of esters is 1. The van der Waals surface area contributed by atoms with Gasteiger partial charge in [0.05, 0.1) is 17.3 Å². The number of thiocarbonyl (C=S) groups is 1. The molecule has 0 amide bonds. The highest BCUT2D eigenvalue weighted by atomic mass is 32.1. The first kappa shape index (κ1) is 21.8. The molecule has 0 radical (unpaired) electrons. The lowest BCUT2D eigenvalue weighted by atomic mass is 9.94. The van der Waals surface area contributed by atoms with Crippen molar-refractivity contribution in [2.24, 2.45) is 0 Å². The van der Waals surface area contributed by atoms with Crippen molar-refractivity contribution in [3.8, 4) is 11.5 Å². The van der Waals surface area contributed by atoms with Crippen LogP contribution in [0.15, 0.2) is 60.3 Å². The van der Waals surface area contributed by atoms with E-state index in [1.165, 1.54) is 12.1 Å². The number of halogens is 2. The highest BCUT2D eigenvalue weighted by Gasteiger charge is 2.37. The molecule has 2 aromatic carbocycles. The predicted octanol–water partition coefficient (Wildman–Crippen LogP) is 4.18. The molecule has 2 aromatic rings. The van der Waals surface area contributed by atoms with Gasteiger partial charge in [0.1, 0.15) is 31.5 Å². The molecule has 4 rings (SSSR count). The van der Waals surface area contributed by atoms with Gasteiger partial charge in [0.2, 0.25) is 0 Å². The molecule has 0 aromatic heterocycles. The fourth-order valence-electron chi connectivity index (χ4n) is 3.67. The third-order valence-electron chi connectivity index (χ3n) is 5.09. The third-order valence-corrected chi connectivity index (χ3v) is 5.39. The van der Waals surface area contributed by atoms with E-state index < -0.39 is 23.6 Å². The molecule has 1 N–H and O–H groups in total. The van der Waals surface area contributed by atoms with E-state index in [0.717, 1.165) is 12.1 Å². The second-order valence-electron chi connectivity index (χ2n) is 7.10. The van der Waals surface area contributed by atoms with Crippen LogP contribution in [0.5, 0.6) is 11.5 Å². The molecule has 1 atom stereocenters. The van der Waals surface area contributed by atoms with E-state index in [4.69, 9.17) is 26.4 Å². The highest BCUT2D eigenvalue weighted by Crippen LogP contribution is 2.39. The first-order valence-corrected chi connectivity index (χ1v) is 10.3. The maximum Gasteiger partial charge on any atom is 0.338 e. The van der Waals surface area contributed by atoms with Gasteiger partial charge in [0.15, 0.2) is 16.6 Å². The summed E-state index contributed by atoms with van der Waals surface area (Å²) in [6, 6.07) is 7.47. The molecule has 32 heavy (non-hydrogen) atoms. The van der Waals surface area contributed by atoms with Crippen LogP contribution in [0.1, 0.15) is 18.5 Å². The molecule has 6 nitrogen and oxygen atoms in total. The van der Waals surface area contributed by atoms with Crippen LogP contribution in [0, 0.1) is 11.6 Å². The molecule has 2 aliphatic rings. The summed E-state index contributed by atoms with van der Waals surface area (Å²) in [6.07, 6.45) is 1.43. The number of ether oxygens (including phenoxy) is 3. The minimum Gasteiger partial charge on any atom is -0.486 e. The number of anilines is 1. The molecule has 2 heterocycles. The minimum atomic E-state index is -0.964. The number of nitrogens with zero attached hydrogens (tertiary/aromatic N) is 1. The minimum absolute atomic E-state index is 0.0251. The molecule has 0 saturated heterocycles. The molecule has 9 heteroatoms. The van der Waals surface area contributed by atoms with Crippen LogP contribution >= 0.6 is 12.2 Å². The van der Waals surface area contributed by atoms with E-state index in [2.05, 4.69) is 11.9 Å². The summed E-state index contributed by atoms with van der Waals surface area (Å²) in [7, 11) is 0. The number of rotatable bonds is 5. The Morgan fingerprint density at radius 3 is 2.72 bits per heavy atom. The monoisotopic (exact) mass is 458 g/mol. The van der Waals surface area contributed by atoms with Crippen molar-refractivity contribution in [1.82, 2.24) is 5.32 Å². The summed E-state index contributed by atoms with van der Waals surface area (Å²) in [5.74, 6) is -1.05. The lowest BCUT2D eigenvalue weighted by Crippen LogP contribution is -2.48. The number of hydrogen-bond donors (Lipinski definition) is 1. The van der Waals surface area contributed by atoms with Crippen LogP contribution in [-0.4, -0.2) is 30.9 Å². The van der Waals surface area contributed by atoms with E-state index >= 15 is 0 Å². The average molecular weight is 458 g/mol. The molecule has 2 aliphatic heterocycles. The Kier molecular flexibility index (Phi) is 6.09. The van der Waals surface area contributed by atoms with Gasteiger partial charge in [-0.15, -0.1) is 0 Å². The van der Waals surface area contributed by atoms with Crippen molar-refractivity contribution in [3.63, 3.8) is 0 Å². The molecule has 0 spiro atoms. The standard InChI is InChI=1S/C23H20F2N2O4S/c1-3-8-31-22(28)20-13(2)27(15-5-7-18-19(12-15)30-10-9-29-18)23(32)26-21(20)16-6-4-14(24)11-17(16)25/h3-7,11-12,21H,1,8-10H2,2H3,(H,26,32)/t21-/m0/s1. The van der Waals surface area contributed by atoms with Gasteiger partial charge in [-0.05, 0) is 37.3 Å². The summed E-state index contributed by atoms with van der Waals surface area (Å²) < 4.78 is 44.6. The first-order valence-electron chi connectivity index (χ1n) is 9.84. The zero-order valence-electron chi connectivity index (χ0n) is 17.2. The van der Waals surface area contributed by atoms with E-state index in [0.29, 0.717) is 36.1 Å². The molecule has 0 saturated carbocycles. The van der Waals surface area contributed by atoms with Gasteiger partial charge in [-0.3, -0.25) is 4.90 Å². The number of allylic oxidation sites excluding steroid dienone is 1. The van der Waals surface area contributed by atoms with E-state index in [-0.39, 0.29) is 22.9 Å². The zero-order valence-corrected chi connectivity index (χ0v) is 18.0. The maximum absolute atomic E-state index is 14.6. The van der Waals surface area contributed by atoms with Crippen molar-refractivity contribution in [2.45, 2.75) is 13.0 Å². The number of nitrogens with one attached hydrogen (secondary N) is 1. The van der Waals surface area contributed by atoms with Crippen LogP contribution in [0.25, 0.3) is 0 Å². The number of benzene rings is 2. The van der Waals surface area contributed by atoms with Gasteiger partial charge in [0, 0.05) is 23.4 Å². The molecular formula is C23H20F2N2O4S. The summed E-state index contributed by atoms with van der Waals surface area (Å²) >= 11 is 5.56. The van der Waals surface area contributed by atoms with Gasteiger partial charge < -0.3 is 19.5 Å². The predicted molar refractivity (Wildman–Crippen MR) is 119 cm³/mol. The Morgan fingerprint density at radius 2 is 2.00 bits per heavy atom. The fourth-order valence-corrected chi connectivity index (χ4v) is 4.03. The van der Waals surface area contributed by atoms with Crippen LogP contribution in [0.3, 0.4) is 0 Å². The smallest absolute Gasteiger partial charge is 0.338 e. The van der Waals surface area contributed by atoms with Crippen LogP contribution in [-0.2, 0) is 9.53 Å². The summed E-state index contributed by atoms with van der Waals surface area (Å²) in [5, 5.41) is 3.23. The molecule has 0 aliphatic carbocycles. The van der Waals surface area contributed by atoms with Crippen LogP contribution in [0.2, 0.25) is 0 Å². The normalized spacial score (nSPS) is 17.7. The molecule has 0 fully saturated rings. The second kappa shape index (κ2) is 8.96. The molecule has 0 bridgehead atoms. The van der Waals surface area contributed by atoms with Gasteiger partial charge >= 0.3 is 5.97 Å². The van der Waals surface area contributed by atoms with Gasteiger partial charge in [0.25, 0.3) is 0 Å². The number of carbonyl (C=O) groups excluding carboxylic acids is 1. The Morgan fingerprint density at radius 1 is 1.25 bits per heavy atom. The van der Waals surface area contributed by atoms with Gasteiger partial charge in [-0.1, -0.05) is 18.7 Å². The van der Waals surface area contributed by atoms with E-state index in [1.807, 2.05) is 0 Å². The topological polar surface area (TPSA) is 60.0 Å². The molecule has 166 valence electrons. The SMILES string of the molecule is C=CCOC(=O)C1=C(C)N(c2ccc3c(c2)OCCO3)C(=S)N[C@H]1c1ccc(F)cc1F. The second-order valence-corrected chi connectivity index (χ2v) is 7.48. The quantitative estimate of drug-likeness (QED) is 0.410. The van der Waals surface area contributed by atoms with Crippen molar-refractivity contribution in [2.75, 3.05) is 24.7 Å². The highest BCUT2D eigenvalue weighted by molar-refractivity contribution is 7.80. The largest absolute Gasteiger partial charge is 0.486 e. The summed E-state index contributed by atoms with van der Waals surface area (Å²) in [5.41, 5.74) is 1.27. The molecule has 0 unspecified atom stereocenters. The first-order chi connectivity index (χ1) is 15.4. The lowest BCUT2D eigenvalue weighted by Gasteiger charge is -2.37. The maximum atomic E-state index is 14.6. The Labute approximate surface area is 189 Å². The number of fused-ring (bicyclic) bond motifs is 1. The van der Waals surface area contributed by atoms with Crippen molar-refractivity contribution in [3.05, 3.63) is 77.5 Å². The Balaban J connectivity index is 1.81. The third kappa shape index (κ3) is 4.03. The van der Waals surface area contributed by atoms with E-state index in [1.54, 1.807) is 30.0 Å². The fraction of sp³-hybridized carbons (Fsp3) is 0.217. The summed E-state index contributed by atoms with van der Waals surface area (Å²) in [6.45, 7) is 6.08. The van der Waals surface area contributed by atoms with Crippen LogP contribution < -0.4 is 19.7 Å². The van der Waals surface area contributed by atoms with Crippen LogP contribution in [0.4, 0.5) is 14.5 Å². The average Bonchev–Trinajstić information content (AvgIpc) is 2.77. The summed E-state index contributed by atoms with van der Waals surface area (Å²) in [4.78, 5) is 14.6. The van der Waals surface area contributed by atoms with Crippen molar-refractivity contribution < 1.29 is 27.8 Å². The number of carbonyl (C=O) groups is 1. The molecular weight excluding hydrogens is 438 g/mol. The van der Waals surface area contributed by atoms with Crippen molar-refractivity contribution >= 4 is 29.0 Å².